The highest BCUT2D eigenvalue weighted by molar-refractivity contribution is 6.00. The minimum atomic E-state index is 1.09. The van der Waals surface area contributed by atoms with E-state index in [4.69, 9.17) is 0 Å². The summed E-state index contributed by atoms with van der Waals surface area (Å²) >= 11 is 0. The topological polar surface area (TPSA) is 33.9 Å². The maximum absolute atomic E-state index is 4.55. The maximum atomic E-state index is 4.55. The van der Waals surface area contributed by atoms with Gasteiger partial charge in [-0.1, -0.05) is 24.3 Å². The van der Waals surface area contributed by atoms with Crippen LogP contribution in [0.2, 0.25) is 0 Å². The molecule has 0 aliphatic heterocycles. The molecule has 3 rings (SSSR count). The molecule has 0 saturated carbocycles. The van der Waals surface area contributed by atoms with E-state index >= 15 is 0 Å². The number of nitrogens with zero attached hydrogens (tertiary/aromatic N) is 1. The molecule has 0 amide bonds. The Labute approximate surface area is 138 Å². The van der Waals surface area contributed by atoms with Crippen LogP contribution in [0.25, 0.3) is 21.7 Å². The first-order valence-corrected chi connectivity index (χ1v) is 8.76. The highest BCUT2D eigenvalue weighted by Crippen LogP contribution is 2.24. The van der Waals surface area contributed by atoms with Crippen LogP contribution in [0.1, 0.15) is 20.3 Å². The average molecular weight is 309 g/mol. The third-order valence-corrected chi connectivity index (χ3v) is 4.74. The van der Waals surface area contributed by atoms with Crippen molar-refractivity contribution in [2.45, 2.75) is 20.3 Å². The van der Waals surface area contributed by atoms with Crippen molar-refractivity contribution in [1.29, 1.82) is 0 Å². The van der Waals surface area contributed by atoms with Crippen molar-refractivity contribution in [1.82, 2.24) is 4.98 Å². The SMILES string of the molecule is CC[NH+](CC)CCC[NH2+]c1ccnc2cc3ccccc3cc12. The van der Waals surface area contributed by atoms with Crippen LogP contribution in [0.3, 0.4) is 0 Å². The van der Waals surface area contributed by atoms with E-state index in [9.17, 15) is 0 Å². The molecule has 1 aromatic heterocycles. The minimum absolute atomic E-state index is 1.09. The van der Waals surface area contributed by atoms with Gasteiger partial charge in [0.25, 0.3) is 0 Å². The molecule has 0 atom stereocenters. The zero-order chi connectivity index (χ0) is 16.1. The largest absolute Gasteiger partial charge is 0.335 e. The summed E-state index contributed by atoms with van der Waals surface area (Å²) in [7, 11) is 0. The van der Waals surface area contributed by atoms with E-state index in [2.05, 4.69) is 66.6 Å². The van der Waals surface area contributed by atoms with Crippen LogP contribution < -0.4 is 10.2 Å². The Morgan fingerprint density at radius 1 is 1.00 bits per heavy atom. The highest BCUT2D eigenvalue weighted by Gasteiger charge is 2.08. The van der Waals surface area contributed by atoms with Gasteiger partial charge >= 0.3 is 0 Å². The van der Waals surface area contributed by atoms with Crippen LogP contribution in [-0.2, 0) is 0 Å². The highest BCUT2D eigenvalue weighted by atomic mass is 15.1. The van der Waals surface area contributed by atoms with Crippen molar-refractivity contribution in [3.05, 3.63) is 48.7 Å². The molecule has 0 bridgehead atoms. The van der Waals surface area contributed by atoms with E-state index in [1.165, 1.54) is 47.9 Å². The normalized spacial score (nSPS) is 11.6. The fourth-order valence-corrected chi connectivity index (χ4v) is 3.25. The van der Waals surface area contributed by atoms with E-state index in [1.807, 2.05) is 6.20 Å². The fourth-order valence-electron chi connectivity index (χ4n) is 3.25. The number of pyridine rings is 1. The van der Waals surface area contributed by atoms with Crippen molar-refractivity contribution in [2.75, 3.05) is 26.2 Å². The van der Waals surface area contributed by atoms with E-state index in [-0.39, 0.29) is 0 Å². The summed E-state index contributed by atoms with van der Waals surface area (Å²) in [6, 6.07) is 15.1. The molecule has 0 saturated heterocycles. The number of benzene rings is 2. The van der Waals surface area contributed by atoms with Crippen molar-refractivity contribution >= 4 is 27.4 Å². The first-order chi connectivity index (χ1) is 11.3. The number of aromatic nitrogens is 1. The van der Waals surface area contributed by atoms with Gasteiger partial charge in [0.15, 0.2) is 0 Å². The average Bonchev–Trinajstić information content (AvgIpc) is 2.60. The molecule has 2 aromatic carbocycles. The van der Waals surface area contributed by atoms with Gasteiger partial charge in [0.1, 0.15) is 5.69 Å². The van der Waals surface area contributed by atoms with Gasteiger partial charge in [0.2, 0.25) is 0 Å². The standard InChI is InChI=1S/C20H25N3/c1-3-23(4-2)13-7-11-21-19-10-12-22-20-15-17-9-6-5-8-16(17)14-18(19)20/h5-6,8-10,12,14-15H,3-4,7,11,13H2,1-2H3,(H,21,22)/p+2. The summed E-state index contributed by atoms with van der Waals surface area (Å²) in [5, 5.41) is 6.19. The third-order valence-electron chi connectivity index (χ3n) is 4.74. The Balaban J connectivity index is 1.77. The Hall–Kier alpha value is -1.97. The van der Waals surface area contributed by atoms with Gasteiger partial charge in [0.05, 0.1) is 37.1 Å². The Morgan fingerprint density at radius 2 is 1.74 bits per heavy atom. The van der Waals surface area contributed by atoms with E-state index in [1.54, 1.807) is 4.90 Å². The number of nitrogens with two attached hydrogens (primary N) is 1. The van der Waals surface area contributed by atoms with Crippen LogP contribution in [0.4, 0.5) is 5.69 Å². The summed E-state index contributed by atoms with van der Waals surface area (Å²) < 4.78 is 0. The molecule has 23 heavy (non-hydrogen) atoms. The van der Waals surface area contributed by atoms with Gasteiger partial charge < -0.3 is 10.2 Å². The summed E-state index contributed by atoms with van der Waals surface area (Å²) in [6.45, 7) is 9.38. The monoisotopic (exact) mass is 309 g/mol. The lowest BCUT2D eigenvalue weighted by atomic mass is 10.1. The summed E-state index contributed by atoms with van der Waals surface area (Å²) in [4.78, 5) is 6.24. The number of hydrogen-bond acceptors (Lipinski definition) is 1. The second kappa shape index (κ2) is 7.53. The van der Waals surface area contributed by atoms with Crippen LogP contribution in [0.15, 0.2) is 48.7 Å². The Morgan fingerprint density at radius 3 is 2.48 bits per heavy atom. The van der Waals surface area contributed by atoms with Gasteiger partial charge in [-0.3, -0.25) is 4.98 Å². The van der Waals surface area contributed by atoms with Gasteiger partial charge in [-0.15, -0.1) is 0 Å². The molecule has 3 nitrogen and oxygen atoms in total. The lowest BCUT2D eigenvalue weighted by Gasteiger charge is -2.14. The maximum Gasteiger partial charge on any atom is 0.140 e. The predicted molar refractivity (Wildman–Crippen MR) is 97.2 cm³/mol. The number of fused-ring (bicyclic) bond motifs is 2. The predicted octanol–water partition coefficient (Wildman–Crippen LogP) is 1.90. The Bertz CT molecular complexity index is 778. The van der Waals surface area contributed by atoms with Gasteiger partial charge in [0, 0.05) is 18.7 Å². The minimum Gasteiger partial charge on any atom is -0.335 e. The first-order valence-electron chi connectivity index (χ1n) is 8.76. The van der Waals surface area contributed by atoms with Crippen LogP contribution in [0.5, 0.6) is 0 Å². The lowest BCUT2D eigenvalue weighted by molar-refractivity contribution is -0.897. The van der Waals surface area contributed by atoms with Crippen LogP contribution in [-0.4, -0.2) is 31.2 Å². The molecule has 0 radical (unpaired) electrons. The first kappa shape index (κ1) is 15.9. The number of quaternary nitrogens is 2. The molecule has 0 fully saturated rings. The summed E-state index contributed by atoms with van der Waals surface area (Å²) in [5.41, 5.74) is 2.40. The van der Waals surface area contributed by atoms with E-state index < -0.39 is 0 Å². The molecular formula is C20H27N3+2. The van der Waals surface area contributed by atoms with Gasteiger partial charge in [-0.2, -0.15) is 0 Å². The van der Waals surface area contributed by atoms with Gasteiger partial charge in [-0.25, -0.2) is 0 Å². The van der Waals surface area contributed by atoms with E-state index in [0.29, 0.717) is 0 Å². The van der Waals surface area contributed by atoms with Crippen molar-refractivity contribution in [2.24, 2.45) is 0 Å². The quantitative estimate of drug-likeness (QED) is 0.507. The summed E-state index contributed by atoms with van der Waals surface area (Å²) in [5.74, 6) is 0. The van der Waals surface area contributed by atoms with Crippen LogP contribution >= 0.6 is 0 Å². The Kier molecular flexibility index (Phi) is 5.21. The second-order valence-corrected chi connectivity index (χ2v) is 6.17. The summed E-state index contributed by atoms with van der Waals surface area (Å²) in [6.07, 6.45) is 3.17. The molecule has 1 heterocycles. The van der Waals surface area contributed by atoms with Gasteiger partial charge in [-0.05, 0) is 36.8 Å². The molecule has 0 unspecified atom stereocenters. The molecule has 0 aliphatic rings. The van der Waals surface area contributed by atoms with Crippen molar-refractivity contribution in [3.8, 4) is 0 Å². The smallest absolute Gasteiger partial charge is 0.140 e. The fraction of sp³-hybridized carbons (Fsp3) is 0.350. The number of rotatable bonds is 7. The molecule has 3 N–H and O–H groups in total. The zero-order valence-electron chi connectivity index (χ0n) is 14.2. The lowest BCUT2D eigenvalue weighted by Crippen LogP contribution is -3.11. The third kappa shape index (κ3) is 3.69. The second-order valence-electron chi connectivity index (χ2n) is 6.17. The number of hydrogen-bond donors (Lipinski definition) is 2. The molecule has 0 aliphatic carbocycles. The molecule has 0 spiro atoms. The molecular weight excluding hydrogens is 282 g/mol. The van der Waals surface area contributed by atoms with Crippen LogP contribution in [0, 0.1) is 0 Å². The van der Waals surface area contributed by atoms with Crippen molar-refractivity contribution < 1.29 is 10.2 Å². The number of nitrogens with one attached hydrogen (secondary N) is 1. The zero-order valence-corrected chi connectivity index (χ0v) is 14.2. The molecule has 3 aromatic rings. The molecule has 120 valence electrons. The van der Waals surface area contributed by atoms with Crippen molar-refractivity contribution in [3.63, 3.8) is 0 Å². The van der Waals surface area contributed by atoms with E-state index in [0.717, 1.165) is 12.1 Å². The molecule has 3 heteroatoms.